The number of benzene rings is 1. The summed E-state index contributed by atoms with van der Waals surface area (Å²) in [6.45, 7) is 3.96. The first kappa shape index (κ1) is 20.8. The highest BCUT2D eigenvalue weighted by molar-refractivity contribution is 7.89. The Morgan fingerprint density at radius 2 is 1.75 bits per heavy atom. The zero-order chi connectivity index (χ0) is 20.1. The van der Waals surface area contributed by atoms with E-state index < -0.39 is 16.0 Å². The number of aryl methyl sites for hydroxylation is 1. The van der Waals surface area contributed by atoms with Crippen LogP contribution in [0.25, 0.3) is 0 Å². The van der Waals surface area contributed by atoms with Crippen molar-refractivity contribution in [1.29, 1.82) is 0 Å². The third-order valence-electron chi connectivity index (χ3n) is 5.05. The van der Waals surface area contributed by atoms with E-state index in [1.165, 1.54) is 16.4 Å². The van der Waals surface area contributed by atoms with E-state index in [2.05, 4.69) is 0 Å². The van der Waals surface area contributed by atoms with Crippen molar-refractivity contribution in [2.45, 2.75) is 31.1 Å². The Hall–Kier alpha value is -1.97. The van der Waals surface area contributed by atoms with E-state index in [0.717, 1.165) is 19.3 Å². The van der Waals surface area contributed by atoms with Gasteiger partial charge >= 0.3 is 5.97 Å². The average molecular weight is 410 g/mol. The SMILES string of the molecule is Cc1ccc(C(=O)OCC(=O)N2CCCCC2)cc1S(=O)(=O)N1CCOCC1. The molecule has 2 fully saturated rings. The first-order valence-electron chi connectivity index (χ1n) is 9.53. The normalized spacial score (nSPS) is 18.7. The van der Waals surface area contributed by atoms with Crippen LogP contribution in [0.2, 0.25) is 0 Å². The number of amides is 1. The zero-order valence-electron chi connectivity index (χ0n) is 16.1. The van der Waals surface area contributed by atoms with Crippen molar-refractivity contribution < 1.29 is 27.5 Å². The van der Waals surface area contributed by atoms with Crippen LogP contribution in [-0.2, 0) is 24.3 Å². The first-order valence-corrected chi connectivity index (χ1v) is 11.0. The van der Waals surface area contributed by atoms with Gasteiger partial charge in [0, 0.05) is 26.2 Å². The summed E-state index contributed by atoms with van der Waals surface area (Å²) < 4.78 is 37.5. The molecular formula is C19H26N2O6S. The number of sulfonamides is 1. The fourth-order valence-electron chi connectivity index (χ4n) is 3.38. The molecule has 2 aliphatic heterocycles. The smallest absolute Gasteiger partial charge is 0.338 e. The van der Waals surface area contributed by atoms with Gasteiger partial charge in [0.25, 0.3) is 5.91 Å². The number of hydrogen-bond donors (Lipinski definition) is 0. The number of nitrogens with zero attached hydrogens (tertiary/aromatic N) is 2. The van der Waals surface area contributed by atoms with Crippen molar-refractivity contribution >= 4 is 21.9 Å². The van der Waals surface area contributed by atoms with Crippen LogP contribution >= 0.6 is 0 Å². The standard InChI is InChI=1S/C19H26N2O6S/c1-15-5-6-16(13-17(15)28(24,25)21-9-11-26-12-10-21)19(23)27-14-18(22)20-7-3-2-4-8-20/h5-6,13H,2-4,7-12,14H2,1H3. The fourth-order valence-corrected chi connectivity index (χ4v) is 5.04. The average Bonchev–Trinajstić information content (AvgIpc) is 2.73. The molecule has 1 amide bonds. The lowest BCUT2D eigenvalue weighted by Crippen LogP contribution is -2.40. The molecule has 0 radical (unpaired) electrons. The first-order chi connectivity index (χ1) is 13.4. The third-order valence-corrected chi connectivity index (χ3v) is 7.09. The van der Waals surface area contributed by atoms with E-state index in [0.29, 0.717) is 31.9 Å². The maximum Gasteiger partial charge on any atom is 0.338 e. The summed E-state index contributed by atoms with van der Waals surface area (Å²) in [7, 11) is -3.73. The van der Waals surface area contributed by atoms with Crippen LogP contribution in [0.3, 0.4) is 0 Å². The molecule has 8 nitrogen and oxygen atoms in total. The van der Waals surface area contributed by atoms with Gasteiger partial charge in [0.2, 0.25) is 10.0 Å². The predicted molar refractivity (Wildman–Crippen MR) is 101 cm³/mol. The topological polar surface area (TPSA) is 93.2 Å². The van der Waals surface area contributed by atoms with E-state index in [9.17, 15) is 18.0 Å². The molecule has 2 aliphatic rings. The van der Waals surface area contributed by atoms with Crippen molar-refractivity contribution in [2.24, 2.45) is 0 Å². The van der Waals surface area contributed by atoms with Crippen LogP contribution < -0.4 is 0 Å². The summed E-state index contributed by atoms with van der Waals surface area (Å²) >= 11 is 0. The molecule has 2 heterocycles. The maximum atomic E-state index is 12.9. The molecule has 1 aromatic carbocycles. The summed E-state index contributed by atoms with van der Waals surface area (Å²) in [6, 6.07) is 4.42. The second-order valence-electron chi connectivity index (χ2n) is 7.01. The minimum Gasteiger partial charge on any atom is -0.452 e. The molecule has 0 bridgehead atoms. The second-order valence-corrected chi connectivity index (χ2v) is 8.92. The zero-order valence-corrected chi connectivity index (χ0v) is 16.9. The highest BCUT2D eigenvalue weighted by Gasteiger charge is 2.29. The Bertz CT molecular complexity index is 827. The molecule has 0 aliphatic carbocycles. The molecule has 2 saturated heterocycles. The van der Waals surface area contributed by atoms with Gasteiger partial charge in [-0.05, 0) is 43.9 Å². The lowest BCUT2D eigenvalue weighted by molar-refractivity contribution is -0.135. The molecule has 0 atom stereocenters. The largest absolute Gasteiger partial charge is 0.452 e. The number of esters is 1. The molecule has 154 valence electrons. The van der Waals surface area contributed by atoms with Gasteiger partial charge in [-0.3, -0.25) is 4.79 Å². The molecule has 3 rings (SSSR count). The summed E-state index contributed by atoms with van der Waals surface area (Å²) in [6.07, 6.45) is 3.02. The minimum atomic E-state index is -3.73. The maximum absolute atomic E-state index is 12.9. The molecule has 28 heavy (non-hydrogen) atoms. The molecular weight excluding hydrogens is 384 g/mol. The molecule has 0 aromatic heterocycles. The van der Waals surface area contributed by atoms with Crippen molar-refractivity contribution in [3.63, 3.8) is 0 Å². The summed E-state index contributed by atoms with van der Waals surface area (Å²) in [5.41, 5.74) is 0.663. The molecule has 0 N–H and O–H groups in total. The van der Waals surface area contributed by atoms with Crippen LogP contribution in [0.4, 0.5) is 0 Å². The van der Waals surface area contributed by atoms with Gasteiger partial charge < -0.3 is 14.4 Å². The van der Waals surface area contributed by atoms with Crippen molar-refractivity contribution in [2.75, 3.05) is 46.0 Å². The van der Waals surface area contributed by atoms with Gasteiger partial charge in [0.15, 0.2) is 6.61 Å². The Labute approximate surface area is 165 Å². The lowest BCUT2D eigenvalue weighted by Gasteiger charge is -2.27. The summed E-state index contributed by atoms with van der Waals surface area (Å²) in [5.74, 6) is -0.926. The molecule has 0 spiro atoms. The monoisotopic (exact) mass is 410 g/mol. The van der Waals surface area contributed by atoms with Gasteiger partial charge in [0.1, 0.15) is 0 Å². The number of carbonyl (C=O) groups excluding carboxylic acids is 2. The summed E-state index contributed by atoms with van der Waals surface area (Å²) in [5, 5.41) is 0. The third kappa shape index (κ3) is 4.71. The van der Waals surface area contributed by atoms with Crippen molar-refractivity contribution in [3.8, 4) is 0 Å². The van der Waals surface area contributed by atoms with E-state index in [1.54, 1.807) is 17.9 Å². The van der Waals surface area contributed by atoms with Gasteiger partial charge in [-0.1, -0.05) is 6.07 Å². The van der Waals surface area contributed by atoms with Gasteiger partial charge in [0.05, 0.1) is 23.7 Å². The second kappa shape index (κ2) is 9.02. The van der Waals surface area contributed by atoms with Crippen LogP contribution in [0, 0.1) is 6.92 Å². The number of piperidine rings is 1. The Kier molecular flexibility index (Phi) is 6.69. The molecule has 0 saturated carbocycles. The van der Waals surface area contributed by atoms with E-state index >= 15 is 0 Å². The van der Waals surface area contributed by atoms with Crippen molar-refractivity contribution in [1.82, 2.24) is 9.21 Å². The van der Waals surface area contributed by atoms with Crippen LogP contribution in [0.5, 0.6) is 0 Å². The minimum absolute atomic E-state index is 0.0752. The van der Waals surface area contributed by atoms with Gasteiger partial charge in [-0.25, -0.2) is 13.2 Å². The summed E-state index contributed by atoms with van der Waals surface area (Å²) in [4.78, 5) is 26.3. The molecule has 1 aromatic rings. The van der Waals surface area contributed by atoms with Gasteiger partial charge in [-0.2, -0.15) is 4.31 Å². The molecule has 0 unspecified atom stereocenters. The quantitative estimate of drug-likeness (QED) is 0.677. The lowest BCUT2D eigenvalue weighted by atomic mass is 10.1. The van der Waals surface area contributed by atoms with E-state index in [1.807, 2.05) is 0 Å². The number of rotatable bonds is 5. The Morgan fingerprint density at radius 1 is 1.07 bits per heavy atom. The Balaban J connectivity index is 1.69. The number of ether oxygens (including phenoxy) is 2. The molecule has 9 heteroatoms. The number of carbonyl (C=O) groups is 2. The number of morpholine rings is 1. The van der Waals surface area contributed by atoms with E-state index in [-0.39, 0.29) is 36.1 Å². The number of likely N-dealkylation sites (tertiary alicyclic amines) is 1. The highest BCUT2D eigenvalue weighted by Crippen LogP contribution is 2.22. The van der Waals surface area contributed by atoms with Crippen LogP contribution in [0.1, 0.15) is 35.2 Å². The highest BCUT2D eigenvalue weighted by atomic mass is 32.2. The Morgan fingerprint density at radius 3 is 2.43 bits per heavy atom. The van der Waals surface area contributed by atoms with Gasteiger partial charge in [-0.15, -0.1) is 0 Å². The van der Waals surface area contributed by atoms with E-state index in [4.69, 9.17) is 9.47 Å². The van der Waals surface area contributed by atoms with Crippen LogP contribution in [-0.4, -0.2) is 75.5 Å². The predicted octanol–water partition coefficient (Wildman–Crippen LogP) is 1.19. The van der Waals surface area contributed by atoms with Crippen LogP contribution in [0.15, 0.2) is 23.1 Å². The number of hydrogen-bond acceptors (Lipinski definition) is 6. The fraction of sp³-hybridized carbons (Fsp3) is 0.579. The van der Waals surface area contributed by atoms with Crippen molar-refractivity contribution in [3.05, 3.63) is 29.3 Å².